The molecule has 1 heterocycles. The second kappa shape index (κ2) is 5.97. The van der Waals surface area contributed by atoms with Crippen molar-refractivity contribution in [2.75, 3.05) is 11.9 Å². The molecule has 21 heavy (non-hydrogen) atoms. The van der Waals surface area contributed by atoms with Gasteiger partial charge in [0.15, 0.2) is 0 Å². The smallest absolute Gasteiger partial charge is 0.224 e. The van der Waals surface area contributed by atoms with Crippen molar-refractivity contribution in [2.45, 2.75) is 19.3 Å². The van der Waals surface area contributed by atoms with Crippen LogP contribution in [-0.4, -0.2) is 17.6 Å². The number of furan rings is 1. The Kier molecular flexibility index (Phi) is 3.88. The van der Waals surface area contributed by atoms with Gasteiger partial charge in [0, 0.05) is 29.5 Å². The van der Waals surface area contributed by atoms with E-state index >= 15 is 0 Å². The second-order valence-corrected chi connectivity index (χ2v) is 5.04. The van der Waals surface area contributed by atoms with E-state index in [4.69, 9.17) is 9.52 Å². The van der Waals surface area contributed by atoms with Crippen LogP contribution in [0.3, 0.4) is 0 Å². The number of amides is 1. The predicted octanol–water partition coefficient (Wildman–Crippen LogP) is 3.69. The third-order valence-electron chi connectivity index (χ3n) is 3.47. The van der Waals surface area contributed by atoms with Crippen LogP contribution in [0.1, 0.15) is 19.3 Å². The summed E-state index contributed by atoms with van der Waals surface area (Å²) in [7, 11) is 0. The number of rotatable bonds is 5. The van der Waals surface area contributed by atoms with E-state index in [0.717, 1.165) is 27.6 Å². The molecule has 0 aliphatic carbocycles. The van der Waals surface area contributed by atoms with Gasteiger partial charge < -0.3 is 14.8 Å². The number of para-hydroxylation sites is 1. The fraction of sp³-hybridized carbons (Fsp3) is 0.235. The molecule has 2 aromatic carbocycles. The summed E-state index contributed by atoms with van der Waals surface area (Å²) in [6.07, 6.45) is 1.77. The molecular weight excluding hydrogens is 266 g/mol. The maximum atomic E-state index is 11.8. The van der Waals surface area contributed by atoms with Gasteiger partial charge >= 0.3 is 0 Å². The summed E-state index contributed by atoms with van der Waals surface area (Å²) >= 11 is 0. The van der Waals surface area contributed by atoms with Crippen molar-refractivity contribution in [1.82, 2.24) is 0 Å². The molecule has 4 nitrogen and oxygen atoms in total. The van der Waals surface area contributed by atoms with Crippen LogP contribution in [-0.2, 0) is 4.79 Å². The number of hydrogen-bond acceptors (Lipinski definition) is 3. The molecule has 1 aromatic heterocycles. The summed E-state index contributed by atoms with van der Waals surface area (Å²) in [4.78, 5) is 11.8. The molecule has 0 aliphatic heterocycles. The zero-order valence-corrected chi connectivity index (χ0v) is 11.6. The van der Waals surface area contributed by atoms with E-state index in [1.807, 2.05) is 42.5 Å². The van der Waals surface area contributed by atoms with E-state index in [1.165, 1.54) is 0 Å². The number of unbranched alkanes of at least 4 members (excludes halogenated alkanes) is 1. The lowest BCUT2D eigenvalue weighted by atomic mass is 10.1. The Bertz CT molecular complexity index is 776. The minimum Gasteiger partial charge on any atom is -0.456 e. The molecule has 3 aromatic rings. The van der Waals surface area contributed by atoms with Crippen LogP contribution in [0.5, 0.6) is 0 Å². The van der Waals surface area contributed by atoms with Gasteiger partial charge in [-0.3, -0.25) is 4.79 Å². The summed E-state index contributed by atoms with van der Waals surface area (Å²) in [5.41, 5.74) is 2.43. The molecule has 0 aliphatic rings. The van der Waals surface area contributed by atoms with Crippen molar-refractivity contribution in [1.29, 1.82) is 0 Å². The Morgan fingerprint density at radius 2 is 1.86 bits per heavy atom. The fourth-order valence-electron chi connectivity index (χ4n) is 2.42. The summed E-state index contributed by atoms with van der Waals surface area (Å²) < 4.78 is 5.75. The number of fused-ring (bicyclic) bond motifs is 3. The number of carbonyl (C=O) groups excluding carboxylic acids is 1. The number of aliphatic hydroxyl groups excluding tert-OH is 1. The minimum absolute atomic E-state index is 0.0319. The first kappa shape index (κ1) is 13.6. The van der Waals surface area contributed by atoms with Gasteiger partial charge in [-0.2, -0.15) is 0 Å². The highest BCUT2D eigenvalue weighted by Crippen LogP contribution is 2.30. The number of hydrogen-bond donors (Lipinski definition) is 2. The molecule has 0 atom stereocenters. The third kappa shape index (κ3) is 2.90. The lowest BCUT2D eigenvalue weighted by Crippen LogP contribution is -2.11. The first-order valence-electron chi connectivity index (χ1n) is 7.10. The molecule has 1 amide bonds. The highest BCUT2D eigenvalue weighted by molar-refractivity contribution is 6.06. The Morgan fingerprint density at radius 3 is 2.71 bits per heavy atom. The number of carbonyl (C=O) groups is 1. The number of benzene rings is 2. The Morgan fingerprint density at radius 1 is 1.05 bits per heavy atom. The minimum atomic E-state index is -0.0319. The molecule has 0 fully saturated rings. The molecule has 108 valence electrons. The lowest BCUT2D eigenvalue weighted by Gasteiger charge is -2.04. The van der Waals surface area contributed by atoms with Gasteiger partial charge in [0.25, 0.3) is 0 Å². The van der Waals surface area contributed by atoms with Gasteiger partial charge in [-0.05, 0) is 37.1 Å². The molecule has 3 rings (SSSR count). The van der Waals surface area contributed by atoms with Crippen molar-refractivity contribution >= 4 is 33.5 Å². The van der Waals surface area contributed by atoms with Crippen molar-refractivity contribution in [3.8, 4) is 0 Å². The van der Waals surface area contributed by atoms with Crippen LogP contribution < -0.4 is 5.32 Å². The maximum Gasteiger partial charge on any atom is 0.224 e. The molecule has 0 saturated carbocycles. The van der Waals surface area contributed by atoms with Gasteiger partial charge in [0.05, 0.1) is 0 Å². The van der Waals surface area contributed by atoms with E-state index in [1.54, 1.807) is 0 Å². The summed E-state index contributed by atoms with van der Waals surface area (Å²) in [6, 6.07) is 13.5. The first-order chi connectivity index (χ1) is 10.3. The van der Waals surface area contributed by atoms with Crippen molar-refractivity contribution in [2.24, 2.45) is 0 Å². The molecule has 4 heteroatoms. The van der Waals surface area contributed by atoms with Crippen LogP contribution >= 0.6 is 0 Å². The van der Waals surface area contributed by atoms with Crippen molar-refractivity contribution in [3.05, 3.63) is 42.5 Å². The molecule has 0 unspecified atom stereocenters. The molecule has 0 radical (unpaired) electrons. The first-order valence-corrected chi connectivity index (χ1v) is 7.10. The number of anilines is 1. The fourth-order valence-corrected chi connectivity index (χ4v) is 2.42. The van der Waals surface area contributed by atoms with Gasteiger partial charge in [0.1, 0.15) is 11.2 Å². The van der Waals surface area contributed by atoms with E-state index in [9.17, 15) is 4.79 Å². The molecule has 2 N–H and O–H groups in total. The van der Waals surface area contributed by atoms with Crippen molar-refractivity contribution < 1.29 is 14.3 Å². The third-order valence-corrected chi connectivity index (χ3v) is 3.47. The van der Waals surface area contributed by atoms with Crippen LogP contribution in [0.2, 0.25) is 0 Å². The molecule has 0 bridgehead atoms. The van der Waals surface area contributed by atoms with Crippen LogP contribution in [0.15, 0.2) is 46.9 Å². The molecule has 0 spiro atoms. The number of nitrogens with one attached hydrogen (secondary N) is 1. The van der Waals surface area contributed by atoms with E-state index < -0.39 is 0 Å². The molecule has 0 saturated heterocycles. The summed E-state index contributed by atoms with van der Waals surface area (Å²) in [6.45, 7) is 0.125. The van der Waals surface area contributed by atoms with Crippen LogP contribution in [0, 0.1) is 0 Å². The van der Waals surface area contributed by atoms with E-state index in [-0.39, 0.29) is 12.5 Å². The summed E-state index contributed by atoms with van der Waals surface area (Å²) in [5.74, 6) is -0.0319. The normalized spacial score (nSPS) is 11.1. The Labute approximate surface area is 122 Å². The lowest BCUT2D eigenvalue weighted by molar-refractivity contribution is -0.116. The van der Waals surface area contributed by atoms with Gasteiger partial charge in [-0.15, -0.1) is 0 Å². The zero-order valence-electron chi connectivity index (χ0n) is 11.6. The van der Waals surface area contributed by atoms with E-state index in [0.29, 0.717) is 19.3 Å². The van der Waals surface area contributed by atoms with Crippen molar-refractivity contribution in [3.63, 3.8) is 0 Å². The second-order valence-electron chi connectivity index (χ2n) is 5.04. The van der Waals surface area contributed by atoms with Crippen LogP contribution in [0.25, 0.3) is 21.9 Å². The van der Waals surface area contributed by atoms with E-state index in [2.05, 4.69) is 5.32 Å². The average molecular weight is 283 g/mol. The largest absolute Gasteiger partial charge is 0.456 e. The van der Waals surface area contributed by atoms with Gasteiger partial charge in [-0.25, -0.2) is 0 Å². The topological polar surface area (TPSA) is 62.5 Å². The highest BCUT2D eigenvalue weighted by Gasteiger charge is 2.08. The predicted molar refractivity (Wildman–Crippen MR) is 83.3 cm³/mol. The average Bonchev–Trinajstić information content (AvgIpc) is 2.86. The standard InChI is InChI=1S/C17H17NO3/c19-10-4-3-7-17(20)18-12-8-9-16-14(11-12)13-5-1-2-6-15(13)21-16/h1-2,5-6,8-9,11,19H,3-4,7,10H2,(H,18,20). The summed E-state index contributed by atoms with van der Waals surface area (Å²) in [5, 5.41) is 13.7. The monoisotopic (exact) mass is 283 g/mol. The Hall–Kier alpha value is -2.33. The molecular formula is C17H17NO3. The zero-order chi connectivity index (χ0) is 14.7. The van der Waals surface area contributed by atoms with Gasteiger partial charge in [0.2, 0.25) is 5.91 Å². The number of aliphatic hydroxyl groups is 1. The Balaban J connectivity index is 1.83. The maximum absolute atomic E-state index is 11.8. The van der Waals surface area contributed by atoms with Crippen LogP contribution in [0.4, 0.5) is 5.69 Å². The SMILES string of the molecule is O=C(CCCCO)Nc1ccc2oc3ccccc3c2c1. The quantitative estimate of drug-likeness (QED) is 0.702. The van der Waals surface area contributed by atoms with Gasteiger partial charge in [-0.1, -0.05) is 18.2 Å². The highest BCUT2D eigenvalue weighted by atomic mass is 16.3.